The average Bonchev–Trinajstić information content (AvgIpc) is 2.85. The maximum absolute atomic E-state index is 12.6. The van der Waals surface area contributed by atoms with Gasteiger partial charge in [-0.05, 0) is 51.1 Å². The molecule has 8 nitrogen and oxygen atoms in total. The van der Waals surface area contributed by atoms with Crippen LogP contribution in [0.1, 0.15) is 51.8 Å². The summed E-state index contributed by atoms with van der Waals surface area (Å²) in [5.74, 6) is -1.44. The van der Waals surface area contributed by atoms with Crippen molar-refractivity contribution in [2.75, 3.05) is 10.6 Å². The van der Waals surface area contributed by atoms with E-state index in [1.807, 2.05) is 0 Å². The Hall–Kier alpha value is -3.68. The molecule has 1 heterocycles. The number of nitrogens with two attached hydrogens (primary N) is 1. The number of rotatable bonds is 3. The summed E-state index contributed by atoms with van der Waals surface area (Å²) in [5, 5.41) is 5.14. The fraction of sp³-hybridized carbons (Fsp3) is 0.200. The third-order valence-corrected chi connectivity index (χ3v) is 4.26. The highest BCUT2D eigenvalue weighted by molar-refractivity contribution is 6.22. The van der Waals surface area contributed by atoms with Gasteiger partial charge in [0.25, 0.3) is 17.7 Å². The molecule has 28 heavy (non-hydrogen) atoms. The number of primary amides is 1. The molecular formula is C20H20N4O4. The molecule has 0 unspecified atom stereocenters. The minimum Gasteiger partial charge on any atom is -0.366 e. The molecule has 3 rings (SSSR count). The van der Waals surface area contributed by atoms with Gasteiger partial charge in [0.05, 0.1) is 22.4 Å². The minimum absolute atomic E-state index is 0.174. The van der Waals surface area contributed by atoms with Gasteiger partial charge in [0.1, 0.15) is 0 Å². The van der Waals surface area contributed by atoms with Crippen LogP contribution in [0, 0.1) is 0 Å². The Morgan fingerprint density at radius 3 is 2.21 bits per heavy atom. The first-order valence-electron chi connectivity index (χ1n) is 8.59. The van der Waals surface area contributed by atoms with E-state index in [0.29, 0.717) is 11.3 Å². The van der Waals surface area contributed by atoms with E-state index in [-0.39, 0.29) is 22.7 Å². The van der Waals surface area contributed by atoms with Crippen molar-refractivity contribution in [1.82, 2.24) is 4.90 Å². The molecule has 0 saturated carbocycles. The van der Waals surface area contributed by atoms with E-state index in [0.717, 1.165) is 0 Å². The Balaban J connectivity index is 1.80. The van der Waals surface area contributed by atoms with Gasteiger partial charge in [-0.2, -0.15) is 0 Å². The summed E-state index contributed by atoms with van der Waals surface area (Å²) >= 11 is 0. The highest BCUT2D eigenvalue weighted by Crippen LogP contribution is 2.31. The molecule has 0 saturated heterocycles. The number of benzene rings is 2. The minimum atomic E-state index is -0.667. The zero-order valence-corrected chi connectivity index (χ0v) is 15.7. The number of fused-ring (bicyclic) bond motifs is 1. The first-order valence-corrected chi connectivity index (χ1v) is 8.59. The largest absolute Gasteiger partial charge is 0.366 e. The maximum Gasteiger partial charge on any atom is 0.323 e. The van der Waals surface area contributed by atoms with Crippen LogP contribution in [0.25, 0.3) is 0 Å². The Morgan fingerprint density at radius 2 is 1.57 bits per heavy atom. The average molecular weight is 380 g/mol. The first kappa shape index (κ1) is 19.1. The van der Waals surface area contributed by atoms with Crippen LogP contribution in [0.15, 0.2) is 42.5 Å². The zero-order valence-electron chi connectivity index (χ0n) is 15.7. The Kier molecular flexibility index (Phi) is 4.64. The molecule has 0 aliphatic carbocycles. The SMILES string of the molecule is CC(C)(C)N1C(=O)c2ccc(NC(=O)Nc3ccccc3C(N)=O)cc2C1=O. The number of hydrogen-bond acceptors (Lipinski definition) is 4. The second-order valence-electron chi connectivity index (χ2n) is 7.37. The first-order chi connectivity index (χ1) is 13.1. The lowest BCUT2D eigenvalue weighted by atomic mass is 10.1. The number of para-hydroxylation sites is 1. The van der Waals surface area contributed by atoms with Crippen LogP contribution in [-0.4, -0.2) is 34.2 Å². The quantitative estimate of drug-likeness (QED) is 0.709. The standard InChI is InChI=1S/C20H20N4O4/c1-20(2,3)24-17(26)12-9-8-11(10-14(12)18(24)27)22-19(28)23-15-7-5-4-6-13(15)16(21)25/h4-10H,1-3H3,(H2,21,25)(H2,22,23,28). The molecule has 1 aliphatic heterocycles. The van der Waals surface area contributed by atoms with Crippen LogP contribution in [0.4, 0.5) is 16.2 Å². The Morgan fingerprint density at radius 1 is 0.929 bits per heavy atom. The van der Waals surface area contributed by atoms with E-state index in [2.05, 4.69) is 10.6 Å². The van der Waals surface area contributed by atoms with E-state index in [4.69, 9.17) is 5.73 Å². The van der Waals surface area contributed by atoms with Gasteiger partial charge >= 0.3 is 6.03 Å². The Labute approximate surface area is 161 Å². The molecule has 0 aromatic heterocycles. The van der Waals surface area contributed by atoms with Gasteiger partial charge in [-0.25, -0.2) is 4.79 Å². The number of anilines is 2. The van der Waals surface area contributed by atoms with E-state index >= 15 is 0 Å². The van der Waals surface area contributed by atoms with Crippen LogP contribution >= 0.6 is 0 Å². The van der Waals surface area contributed by atoms with Crippen molar-refractivity contribution >= 4 is 35.1 Å². The molecule has 2 aromatic rings. The molecular weight excluding hydrogens is 360 g/mol. The normalized spacial score (nSPS) is 13.3. The Bertz CT molecular complexity index is 1010. The predicted octanol–water partition coefficient (Wildman–Crippen LogP) is 2.82. The number of amides is 5. The molecule has 1 aliphatic rings. The molecule has 0 spiro atoms. The molecule has 0 bridgehead atoms. The van der Waals surface area contributed by atoms with E-state index in [1.165, 1.54) is 29.2 Å². The van der Waals surface area contributed by atoms with Gasteiger partial charge in [-0.15, -0.1) is 0 Å². The smallest absolute Gasteiger partial charge is 0.323 e. The summed E-state index contributed by atoms with van der Waals surface area (Å²) in [4.78, 5) is 50.1. The highest BCUT2D eigenvalue weighted by Gasteiger charge is 2.41. The van der Waals surface area contributed by atoms with E-state index in [9.17, 15) is 19.2 Å². The summed E-state index contributed by atoms with van der Waals surface area (Å²) in [7, 11) is 0. The number of nitrogens with zero attached hydrogens (tertiary/aromatic N) is 1. The molecule has 0 fully saturated rings. The van der Waals surface area contributed by atoms with Gasteiger partial charge in [0, 0.05) is 11.2 Å². The van der Waals surface area contributed by atoms with Crippen molar-refractivity contribution in [3.05, 3.63) is 59.2 Å². The number of carbonyl (C=O) groups excluding carboxylic acids is 4. The monoisotopic (exact) mass is 380 g/mol. The molecule has 5 amide bonds. The lowest BCUT2D eigenvalue weighted by Crippen LogP contribution is -2.45. The molecule has 2 aromatic carbocycles. The maximum atomic E-state index is 12.6. The van der Waals surface area contributed by atoms with Crippen molar-refractivity contribution < 1.29 is 19.2 Å². The number of carbonyl (C=O) groups is 4. The fourth-order valence-electron chi connectivity index (χ4n) is 3.02. The summed E-state index contributed by atoms with van der Waals surface area (Å²) in [6, 6.07) is 10.2. The van der Waals surface area contributed by atoms with Gasteiger partial charge in [0.15, 0.2) is 0 Å². The van der Waals surface area contributed by atoms with Crippen molar-refractivity contribution in [3.63, 3.8) is 0 Å². The molecule has 0 atom stereocenters. The fourth-order valence-corrected chi connectivity index (χ4v) is 3.02. The van der Waals surface area contributed by atoms with Crippen LogP contribution in [-0.2, 0) is 0 Å². The van der Waals surface area contributed by atoms with Crippen molar-refractivity contribution in [3.8, 4) is 0 Å². The summed E-state index contributed by atoms with van der Waals surface area (Å²) < 4.78 is 0. The van der Waals surface area contributed by atoms with Gasteiger partial charge < -0.3 is 16.4 Å². The number of hydrogen-bond donors (Lipinski definition) is 3. The van der Waals surface area contributed by atoms with Crippen LogP contribution < -0.4 is 16.4 Å². The third-order valence-electron chi connectivity index (χ3n) is 4.26. The highest BCUT2D eigenvalue weighted by atomic mass is 16.2. The van der Waals surface area contributed by atoms with Gasteiger partial charge in [-0.1, -0.05) is 12.1 Å². The van der Waals surface area contributed by atoms with Crippen molar-refractivity contribution in [2.24, 2.45) is 5.73 Å². The van der Waals surface area contributed by atoms with Gasteiger partial charge in [-0.3, -0.25) is 19.3 Å². The van der Waals surface area contributed by atoms with Crippen LogP contribution in [0.3, 0.4) is 0 Å². The van der Waals surface area contributed by atoms with Gasteiger partial charge in [0.2, 0.25) is 0 Å². The van der Waals surface area contributed by atoms with Crippen molar-refractivity contribution in [1.29, 1.82) is 0 Å². The summed E-state index contributed by atoms with van der Waals surface area (Å²) in [6.07, 6.45) is 0. The van der Waals surface area contributed by atoms with E-state index < -0.39 is 23.4 Å². The molecule has 144 valence electrons. The van der Waals surface area contributed by atoms with Crippen LogP contribution in [0.2, 0.25) is 0 Å². The van der Waals surface area contributed by atoms with Crippen LogP contribution in [0.5, 0.6) is 0 Å². The number of imide groups is 1. The third kappa shape index (κ3) is 3.44. The van der Waals surface area contributed by atoms with E-state index in [1.54, 1.807) is 39.0 Å². The predicted molar refractivity (Wildman–Crippen MR) is 104 cm³/mol. The lowest BCUT2D eigenvalue weighted by Gasteiger charge is -2.29. The second kappa shape index (κ2) is 6.80. The molecule has 4 N–H and O–H groups in total. The number of nitrogens with one attached hydrogen (secondary N) is 2. The molecule has 8 heteroatoms. The zero-order chi connectivity index (χ0) is 20.6. The summed E-state index contributed by atoms with van der Waals surface area (Å²) in [5.41, 5.74) is 5.94. The second-order valence-corrected chi connectivity index (χ2v) is 7.37. The summed E-state index contributed by atoms with van der Waals surface area (Å²) in [6.45, 7) is 5.33. The number of urea groups is 1. The lowest BCUT2D eigenvalue weighted by molar-refractivity contribution is 0.0507. The van der Waals surface area contributed by atoms with Crippen molar-refractivity contribution in [2.45, 2.75) is 26.3 Å². The molecule has 0 radical (unpaired) electrons. The topological polar surface area (TPSA) is 122 Å².